The van der Waals surface area contributed by atoms with Gasteiger partial charge in [0.25, 0.3) is 0 Å². The molecular formula is C92H148N2O34. The van der Waals surface area contributed by atoms with Crippen molar-refractivity contribution >= 4 is 24.2 Å². The molecule has 0 aromatic carbocycles. The smallest absolute Gasteiger partial charge is 0.407 e. The lowest BCUT2D eigenvalue weighted by Gasteiger charge is -2.71. The van der Waals surface area contributed by atoms with Crippen molar-refractivity contribution in [3.8, 4) is 0 Å². The Morgan fingerprint density at radius 2 is 1.16 bits per heavy atom. The van der Waals surface area contributed by atoms with Crippen molar-refractivity contribution in [3.05, 3.63) is 11.6 Å². The second kappa shape index (κ2) is 37.7. The number of hydrogen-bond donors (Lipinski definition) is 19. The number of fused-ring (bicyclic) bond motifs is 12. The number of carbonyl (C=O) groups is 3. The maximum absolute atomic E-state index is 16.4. The topological polar surface area (TPSA) is 560 Å². The molecule has 8 saturated carbocycles. The van der Waals surface area contributed by atoms with Crippen LogP contribution < -0.4 is 5.32 Å². The van der Waals surface area contributed by atoms with Crippen molar-refractivity contribution in [2.45, 2.75) is 408 Å². The predicted octanol–water partition coefficient (Wildman–Crippen LogP) is 2.65. The summed E-state index contributed by atoms with van der Waals surface area (Å²) in [5.41, 5.74) is -4.50. The summed E-state index contributed by atoms with van der Waals surface area (Å²) in [5.74, 6) is 0.195. The molecule has 0 aromatic rings. The van der Waals surface area contributed by atoms with Crippen molar-refractivity contribution in [1.82, 2.24) is 5.32 Å². The zero-order valence-electron chi connectivity index (χ0n) is 76.0. The van der Waals surface area contributed by atoms with E-state index in [0.717, 1.165) is 30.8 Å². The third-order valence-electron chi connectivity index (χ3n) is 36.3. The Labute approximate surface area is 748 Å². The van der Waals surface area contributed by atoms with E-state index in [0.29, 0.717) is 92.3 Å². The number of rotatable bonds is 23. The summed E-state index contributed by atoms with van der Waals surface area (Å²) in [7, 11) is 0. The van der Waals surface area contributed by atoms with Crippen molar-refractivity contribution in [2.24, 2.45) is 108 Å². The fourth-order valence-electron chi connectivity index (χ4n) is 28.8. The van der Waals surface area contributed by atoms with Crippen LogP contribution in [0.3, 0.4) is 0 Å². The minimum Gasteiger partial charge on any atom is -0.479 e. The number of oxime groups is 1. The van der Waals surface area contributed by atoms with E-state index in [2.05, 4.69) is 85.8 Å². The summed E-state index contributed by atoms with van der Waals surface area (Å²) >= 11 is 0. The maximum atomic E-state index is 16.4. The highest BCUT2D eigenvalue weighted by Crippen LogP contribution is 2.77. The van der Waals surface area contributed by atoms with E-state index < -0.39 is 279 Å². The van der Waals surface area contributed by atoms with Gasteiger partial charge in [0, 0.05) is 5.41 Å². The second-order valence-electron chi connectivity index (χ2n) is 44.1. The Kier molecular flexibility index (Phi) is 29.1. The van der Waals surface area contributed by atoms with Crippen LogP contribution in [0.15, 0.2) is 16.8 Å². The van der Waals surface area contributed by atoms with E-state index in [-0.39, 0.29) is 30.6 Å². The van der Waals surface area contributed by atoms with Gasteiger partial charge in [-0.15, -0.1) is 5.16 Å². The summed E-state index contributed by atoms with van der Waals surface area (Å²) in [5, 5.41) is 209. The second-order valence-corrected chi connectivity index (χ2v) is 44.1. The SMILES string of the molecule is CC(C)CCC[C@@H](C)C1CC[C@H]2[C@H]3CC[C@H]4C[C@@H](OC(=O)NC5C(O)C(O[C@@H]6OC(C)[C@H](O[C@@H]7OC[C@@H](O)C(O)C7O)C(O)C6O)[C@H](OC(=O)[C@]67CCC(C)(C)CC6C6=CCC8C9(C)CC[C@H](O[C@@H]%10OC(C(=O)O)[C@@H](O)[C@H](O[C@@H]%11OC[C@@H](O)[C@H](O)C%11O)C%10O[C@@H]%10OC(CO)[C@H](O)[C@H](O)C%10O)[C@](C)(/C=N/O)[C@@H]9CCC8(C)[C@]6(C)CC7O)O[C@H]5CO)CCC4(C)C3CCC12C. The largest absolute Gasteiger partial charge is 0.479 e. The van der Waals surface area contributed by atoms with Gasteiger partial charge < -0.3 is 159 Å². The number of carboxylic acids is 1. The molecule has 47 atom stereocenters. The van der Waals surface area contributed by atoms with Crippen LogP contribution in [0, 0.1) is 102 Å². The van der Waals surface area contributed by atoms with Gasteiger partial charge >= 0.3 is 18.0 Å². The van der Waals surface area contributed by atoms with E-state index in [4.69, 9.17) is 61.6 Å². The highest BCUT2D eigenvalue weighted by molar-refractivity contribution is 5.80. The summed E-state index contributed by atoms with van der Waals surface area (Å²) in [6.07, 6.45) is -34.5. The van der Waals surface area contributed by atoms with Crippen LogP contribution >= 0.6 is 0 Å². The van der Waals surface area contributed by atoms with E-state index in [1.807, 2.05) is 6.92 Å². The number of aliphatic hydroxyl groups is 16. The number of carbonyl (C=O) groups excluding carboxylic acids is 2. The number of nitrogens with one attached hydrogen (secondary N) is 1. The molecular weight excluding hydrogens is 1680 g/mol. The molecule has 0 spiro atoms. The summed E-state index contributed by atoms with van der Waals surface area (Å²) in [6, 6.07) is -1.56. The Bertz CT molecular complexity index is 3900. The number of aliphatic carboxylic acids is 1. The third-order valence-corrected chi connectivity index (χ3v) is 36.3. The van der Waals surface area contributed by atoms with Gasteiger partial charge in [-0.3, -0.25) is 4.79 Å². The van der Waals surface area contributed by atoms with E-state index >= 15 is 4.79 Å². The Morgan fingerprint density at radius 3 is 1.81 bits per heavy atom. The molecule has 14 fully saturated rings. The first-order chi connectivity index (χ1) is 60.3. The van der Waals surface area contributed by atoms with Crippen molar-refractivity contribution < 1.29 is 168 Å². The molecule has 128 heavy (non-hydrogen) atoms. The zero-order valence-corrected chi connectivity index (χ0v) is 76.0. The minimum absolute atomic E-state index is 0.0164. The average molecular weight is 1830 g/mol. The Hall–Kier alpha value is -3.66. The number of allylic oxidation sites excluding steroid dienone is 2. The Balaban J connectivity index is 0.683. The fourth-order valence-corrected chi connectivity index (χ4v) is 28.8. The van der Waals surface area contributed by atoms with E-state index in [9.17, 15) is 102 Å². The molecule has 1 amide bonds. The molecule has 15 aliphatic rings. The lowest BCUT2D eigenvalue weighted by atomic mass is 9.33. The standard InChI is InChI=1S/C92H148N2O34/c1-40(2)14-13-15-41(3)46-18-19-47-45-17-16-43-32-44(22-26-86(43,7)48(45)23-27-87(46,47)8)119-84(114)94-59-53(35-95)120-81(74(63(59)103)126-79-69(109)65(105)71(42(4)118-79)123-77-66(106)60(100)51(97)37-116-77)128-83(113)92-31-30-85(5,6)33-50(92)49-20-21-56-88(9)28-25-58(89(10,39-93-115)55(88)24-29-90(56,11)91(49,12)34-57(92)99)122-82-75(127-80-68(108)64(104)62(102)54(36-96)121-80)72(70(110)73(125-82)76(111)112)124-78-67(107)61(101)52(98)38-117-78/h20,39-48,50-75,77-82,95-110,115H,13-19,21-38H2,1-12H3,(H,94,114)(H,111,112)/b93-39+/t41-,42?,43+,44+,45-,46?,47+,48?,50?,51-,52-,53+,54?,55-,56?,57?,58+,59?,60?,61+,62+,63?,64+,65?,66?,67?,68?,69?,70+,71+,72+,73?,74?,75?,77+,78+,79+,80+,81+,82-,86?,87?,88?,89-,90?,91-,92-/m1/s1. The highest BCUT2D eigenvalue weighted by Gasteiger charge is 2.74. The van der Waals surface area contributed by atoms with Crippen LogP contribution in [0.25, 0.3) is 0 Å². The van der Waals surface area contributed by atoms with Crippen LogP contribution in [0.2, 0.25) is 0 Å². The number of aliphatic hydroxyl groups excluding tert-OH is 16. The first-order valence-electron chi connectivity index (χ1n) is 47.5. The quantitative estimate of drug-likeness (QED) is 0.0175. The fraction of sp³-hybridized carbons (Fsp3) is 0.935. The van der Waals surface area contributed by atoms with Crippen molar-refractivity contribution in [1.29, 1.82) is 0 Å². The minimum atomic E-state index is -2.23. The molecule has 6 saturated heterocycles. The van der Waals surface area contributed by atoms with Crippen LogP contribution in [-0.4, -0.2) is 333 Å². The van der Waals surface area contributed by atoms with Gasteiger partial charge in [0.2, 0.25) is 6.29 Å². The molecule has 19 N–H and O–H groups in total. The number of alkyl carbamates (subject to hydrolysis) is 1. The highest BCUT2D eigenvalue weighted by atomic mass is 16.8. The number of hydrogen-bond acceptors (Lipinski definition) is 34. The van der Waals surface area contributed by atoms with Crippen molar-refractivity contribution in [2.75, 3.05) is 26.4 Å². The molecule has 22 unspecified atom stereocenters. The Morgan fingerprint density at radius 1 is 0.547 bits per heavy atom. The van der Waals surface area contributed by atoms with Gasteiger partial charge in [0.15, 0.2) is 43.7 Å². The number of amides is 1. The first kappa shape index (κ1) is 98.8. The van der Waals surface area contributed by atoms with Crippen LogP contribution in [0.1, 0.15) is 218 Å². The monoisotopic (exact) mass is 1820 g/mol. The molecule has 0 bridgehead atoms. The third kappa shape index (κ3) is 17.2. The maximum Gasteiger partial charge on any atom is 0.407 e. The summed E-state index contributed by atoms with van der Waals surface area (Å²) in [6.45, 7) is 23.3. The lowest BCUT2D eigenvalue weighted by Crippen LogP contribution is -2.70. The van der Waals surface area contributed by atoms with Gasteiger partial charge in [0.1, 0.15) is 121 Å². The van der Waals surface area contributed by atoms with Gasteiger partial charge in [-0.1, -0.05) is 107 Å². The van der Waals surface area contributed by atoms with Crippen LogP contribution in [-0.2, 0) is 71.2 Å². The van der Waals surface area contributed by atoms with Crippen LogP contribution in [0.4, 0.5) is 4.79 Å². The molecule has 730 valence electrons. The van der Waals surface area contributed by atoms with Gasteiger partial charge in [-0.25, -0.2) is 9.59 Å². The molecule has 36 heteroatoms. The average Bonchev–Trinajstić information content (AvgIpc) is 0.722. The number of ether oxygens (including phenoxy) is 13. The lowest BCUT2D eigenvalue weighted by molar-refractivity contribution is -0.391. The first-order valence-corrected chi connectivity index (χ1v) is 47.5. The molecule has 6 aliphatic heterocycles. The molecule has 0 radical (unpaired) electrons. The molecule has 9 aliphatic carbocycles. The van der Waals surface area contributed by atoms with Gasteiger partial charge in [-0.05, 0) is 214 Å². The zero-order chi connectivity index (χ0) is 92.7. The predicted molar refractivity (Wildman–Crippen MR) is 445 cm³/mol. The van der Waals surface area contributed by atoms with E-state index in [1.54, 1.807) is 0 Å². The van der Waals surface area contributed by atoms with Gasteiger partial charge in [0.05, 0.1) is 57.0 Å². The molecule has 0 aromatic heterocycles. The summed E-state index contributed by atoms with van der Waals surface area (Å²) in [4.78, 5) is 44.3. The molecule has 15 rings (SSSR count). The molecule has 36 nitrogen and oxygen atoms in total. The van der Waals surface area contributed by atoms with Crippen molar-refractivity contribution in [3.63, 3.8) is 0 Å². The number of nitrogens with zero attached hydrogens (tertiary/aromatic N) is 1. The van der Waals surface area contributed by atoms with Gasteiger partial charge in [-0.2, -0.15) is 0 Å². The number of esters is 1. The van der Waals surface area contributed by atoms with Crippen LogP contribution in [0.5, 0.6) is 0 Å². The molecule has 6 heterocycles. The number of carboxylic acid groups (broad SMARTS) is 1. The normalized spacial score (nSPS) is 52.6. The summed E-state index contributed by atoms with van der Waals surface area (Å²) < 4.78 is 80.6. The van der Waals surface area contributed by atoms with E-state index in [1.165, 1.54) is 58.1 Å².